The van der Waals surface area contributed by atoms with Crippen molar-refractivity contribution in [3.05, 3.63) is 71.0 Å². The predicted molar refractivity (Wildman–Crippen MR) is 153 cm³/mol. The molecule has 3 aromatic rings. The Balaban J connectivity index is 1.73. The zero-order valence-corrected chi connectivity index (χ0v) is 24.3. The van der Waals surface area contributed by atoms with Crippen LogP contribution in [0.2, 0.25) is 5.02 Å². The first-order valence-corrected chi connectivity index (χ1v) is 15.1. The molecule has 10 heteroatoms. The first-order chi connectivity index (χ1) is 19.2. The Kier molecular flexibility index (Phi) is 8.08. The number of sulfonamides is 1. The Hall–Kier alpha value is -3.14. The third-order valence-corrected chi connectivity index (χ3v) is 10.3. The predicted octanol–water partition coefficient (Wildman–Crippen LogP) is 6.66. The zero-order valence-electron chi connectivity index (χ0n) is 22.7. The molecule has 1 saturated carbocycles. The molecular formula is C30H32ClFN2O5S. The van der Waals surface area contributed by atoms with E-state index >= 15 is 0 Å². The van der Waals surface area contributed by atoms with Crippen molar-refractivity contribution in [1.82, 2.24) is 4.31 Å². The van der Waals surface area contributed by atoms with E-state index in [9.17, 15) is 17.6 Å². The van der Waals surface area contributed by atoms with Gasteiger partial charge in [0.1, 0.15) is 16.5 Å². The van der Waals surface area contributed by atoms with E-state index in [0.717, 1.165) is 43.9 Å². The second kappa shape index (κ2) is 11.4. The number of methoxy groups -OCH3 is 2. The minimum Gasteiger partial charge on any atom is -0.495 e. The fraction of sp³-hybridized carbons (Fsp3) is 0.367. The second-order valence-corrected chi connectivity index (χ2v) is 12.6. The van der Waals surface area contributed by atoms with Crippen molar-refractivity contribution in [1.29, 1.82) is 0 Å². The minimum atomic E-state index is -3.98. The van der Waals surface area contributed by atoms with Gasteiger partial charge in [0.15, 0.2) is 0 Å². The van der Waals surface area contributed by atoms with Gasteiger partial charge in [-0.05, 0) is 60.7 Å². The summed E-state index contributed by atoms with van der Waals surface area (Å²) in [4.78, 5) is 14.2. The fourth-order valence-corrected chi connectivity index (χ4v) is 7.79. The van der Waals surface area contributed by atoms with Gasteiger partial charge in [0.05, 0.1) is 36.2 Å². The van der Waals surface area contributed by atoms with Gasteiger partial charge in [-0.15, -0.1) is 0 Å². The Labute approximate surface area is 239 Å². The normalized spacial score (nSPS) is 19.5. The standard InChI is InChI=1S/C30H32ClFN2O5S/c1-33-27(19-9-5-4-6-10-19)18-34(25-11-7-8-12-28(25)38-2)26-17-23(31)21(16-29(26)40(33,36)37)20-13-14-24(32)22(15-20)30(35)39-3/h7-8,11-17,19,27H,4-6,9-10,18H2,1-3H3/t27-/m0/s1. The molecule has 1 aliphatic carbocycles. The number of esters is 1. The quantitative estimate of drug-likeness (QED) is 0.311. The van der Waals surface area contributed by atoms with Gasteiger partial charge < -0.3 is 14.4 Å². The fourth-order valence-electron chi connectivity index (χ4n) is 5.92. The SMILES string of the molecule is COC(=O)c1cc(-c2cc3c(cc2Cl)N(c2ccccc2OC)C[C@@H](C2CCCCC2)N(C)S3(=O)=O)ccc1F. The molecule has 1 fully saturated rings. The molecule has 212 valence electrons. The van der Waals surface area contributed by atoms with E-state index < -0.39 is 21.8 Å². The van der Waals surface area contributed by atoms with E-state index in [0.29, 0.717) is 29.1 Å². The highest BCUT2D eigenvalue weighted by Crippen LogP contribution is 2.46. The molecule has 1 atom stereocenters. The van der Waals surface area contributed by atoms with Crippen LogP contribution in [0, 0.1) is 11.7 Å². The topological polar surface area (TPSA) is 76.2 Å². The van der Waals surface area contributed by atoms with Crippen LogP contribution in [0.15, 0.2) is 59.5 Å². The number of fused-ring (bicyclic) bond motifs is 1. The van der Waals surface area contributed by atoms with Crippen LogP contribution in [-0.2, 0) is 14.8 Å². The number of ether oxygens (including phenoxy) is 2. The van der Waals surface area contributed by atoms with E-state index in [4.69, 9.17) is 21.1 Å². The number of carbonyl (C=O) groups is 1. The van der Waals surface area contributed by atoms with E-state index in [1.54, 1.807) is 20.2 Å². The van der Waals surface area contributed by atoms with Crippen molar-refractivity contribution in [3.8, 4) is 16.9 Å². The molecule has 1 aliphatic heterocycles. The summed E-state index contributed by atoms with van der Waals surface area (Å²) in [7, 11) is 0.422. The maximum absolute atomic E-state index is 14.4. The molecule has 2 aliphatic rings. The van der Waals surface area contributed by atoms with Crippen LogP contribution in [0.4, 0.5) is 15.8 Å². The first-order valence-electron chi connectivity index (χ1n) is 13.3. The second-order valence-electron chi connectivity index (χ2n) is 10.3. The van der Waals surface area contributed by atoms with Crippen molar-refractivity contribution < 1.29 is 27.1 Å². The van der Waals surface area contributed by atoms with Crippen molar-refractivity contribution in [2.45, 2.75) is 43.0 Å². The summed E-state index contributed by atoms with van der Waals surface area (Å²) in [5.74, 6) is -0.768. The zero-order chi connectivity index (χ0) is 28.6. The molecule has 40 heavy (non-hydrogen) atoms. The Bertz CT molecular complexity index is 1540. The molecule has 3 aromatic carbocycles. The Morgan fingerprint density at radius 2 is 1.73 bits per heavy atom. The average molecular weight is 587 g/mol. The molecule has 0 aromatic heterocycles. The Morgan fingerprint density at radius 3 is 2.42 bits per heavy atom. The molecule has 0 bridgehead atoms. The molecular weight excluding hydrogens is 555 g/mol. The smallest absolute Gasteiger partial charge is 0.340 e. The molecule has 0 N–H and O–H groups in total. The number of hydrogen-bond acceptors (Lipinski definition) is 6. The van der Waals surface area contributed by atoms with Crippen LogP contribution in [0.25, 0.3) is 11.1 Å². The summed E-state index contributed by atoms with van der Waals surface area (Å²) in [6, 6.07) is 14.3. The molecule has 0 amide bonds. The lowest BCUT2D eigenvalue weighted by atomic mass is 9.83. The molecule has 0 spiro atoms. The number of para-hydroxylation sites is 2. The molecule has 1 heterocycles. The van der Waals surface area contributed by atoms with Gasteiger partial charge in [-0.3, -0.25) is 0 Å². The lowest BCUT2D eigenvalue weighted by Crippen LogP contribution is -2.46. The number of nitrogens with zero attached hydrogens (tertiary/aromatic N) is 2. The highest BCUT2D eigenvalue weighted by Gasteiger charge is 2.41. The van der Waals surface area contributed by atoms with Gasteiger partial charge in [0, 0.05) is 25.2 Å². The lowest BCUT2D eigenvalue weighted by Gasteiger charge is -2.37. The van der Waals surface area contributed by atoms with Gasteiger partial charge >= 0.3 is 5.97 Å². The monoisotopic (exact) mass is 586 g/mol. The van der Waals surface area contributed by atoms with Crippen LogP contribution in [-0.4, -0.2) is 52.5 Å². The number of halogens is 2. The van der Waals surface area contributed by atoms with E-state index in [1.165, 1.54) is 29.6 Å². The van der Waals surface area contributed by atoms with Crippen molar-refractivity contribution in [2.24, 2.45) is 5.92 Å². The maximum atomic E-state index is 14.4. The van der Waals surface area contributed by atoms with Gasteiger partial charge in [-0.1, -0.05) is 49.1 Å². The van der Waals surface area contributed by atoms with Crippen molar-refractivity contribution in [3.63, 3.8) is 0 Å². The summed E-state index contributed by atoms with van der Waals surface area (Å²) in [6.07, 6.45) is 5.21. The van der Waals surface area contributed by atoms with E-state index in [2.05, 4.69) is 0 Å². The summed E-state index contributed by atoms with van der Waals surface area (Å²) in [5.41, 5.74) is 1.65. The number of carbonyl (C=O) groups excluding carboxylic acids is 1. The molecule has 5 rings (SSSR count). The van der Waals surface area contributed by atoms with Gasteiger partial charge in [-0.2, -0.15) is 4.31 Å². The summed E-state index contributed by atoms with van der Waals surface area (Å²) < 4.78 is 54.8. The minimum absolute atomic E-state index is 0.0718. The summed E-state index contributed by atoms with van der Waals surface area (Å²) >= 11 is 6.82. The molecule has 0 saturated heterocycles. The molecule has 7 nitrogen and oxygen atoms in total. The number of anilines is 2. The largest absolute Gasteiger partial charge is 0.495 e. The lowest BCUT2D eigenvalue weighted by molar-refractivity contribution is 0.0595. The van der Waals surface area contributed by atoms with Gasteiger partial charge in [-0.25, -0.2) is 17.6 Å². The summed E-state index contributed by atoms with van der Waals surface area (Å²) in [5, 5.41) is 0.259. The summed E-state index contributed by atoms with van der Waals surface area (Å²) in [6.45, 7) is 0.423. The van der Waals surface area contributed by atoms with Crippen LogP contribution >= 0.6 is 11.6 Å². The third kappa shape index (κ3) is 5.06. The number of benzene rings is 3. The maximum Gasteiger partial charge on any atom is 0.340 e. The number of hydrogen-bond donors (Lipinski definition) is 0. The van der Waals surface area contributed by atoms with Crippen LogP contribution in [0.3, 0.4) is 0 Å². The molecule has 0 unspecified atom stereocenters. The van der Waals surface area contributed by atoms with E-state index in [-0.39, 0.29) is 27.4 Å². The number of likely N-dealkylation sites (N-methyl/N-ethyl adjacent to an activating group) is 1. The van der Waals surface area contributed by atoms with Crippen LogP contribution in [0.5, 0.6) is 5.75 Å². The van der Waals surface area contributed by atoms with Gasteiger partial charge in [0.25, 0.3) is 0 Å². The molecule has 0 radical (unpaired) electrons. The van der Waals surface area contributed by atoms with Crippen molar-refractivity contribution >= 4 is 39.0 Å². The third-order valence-electron chi connectivity index (χ3n) is 8.09. The van der Waals surface area contributed by atoms with Gasteiger partial charge in [0.2, 0.25) is 10.0 Å². The van der Waals surface area contributed by atoms with Crippen LogP contribution < -0.4 is 9.64 Å². The van der Waals surface area contributed by atoms with Crippen molar-refractivity contribution in [2.75, 3.05) is 32.7 Å². The van der Waals surface area contributed by atoms with Crippen LogP contribution in [0.1, 0.15) is 42.5 Å². The van der Waals surface area contributed by atoms with E-state index in [1.807, 2.05) is 29.2 Å². The first kappa shape index (κ1) is 28.4. The number of rotatable bonds is 5. The average Bonchev–Trinajstić information content (AvgIpc) is 3.05. The highest BCUT2D eigenvalue weighted by atomic mass is 35.5. The Morgan fingerprint density at radius 1 is 1.00 bits per heavy atom. The highest BCUT2D eigenvalue weighted by molar-refractivity contribution is 7.89.